The van der Waals surface area contributed by atoms with Crippen LogP contribution < -0.4 is 10.6 Å². The zero-order valence-corrected chi connectivity index (χ0v) is 23.5. The second-order valence-corrected chi connectivity index (χ2v) is 11.0. The molecule has 1 spiro atoms. The number of benzene rings is 3. The molecule has 43 heavy (non-hydrogen) atoms. The first-order valence-electron chi connectivity index (χ1n) is 13.7. The van der Waals surface area contributed by atoms with Crippen molar-refractivity contribution in [2.45, 2.75) is 30.8 Å². The molecule has 2 aliphatic heterocycles. The number of amides is 3. The fourth-order valence-corrected chi connectivity index (χ4v) is 6.01. The number of imidazole rings is 1. The molecule has 2 aliphatic rings. The van der Waals surface area contributed by atoms with E-state index in [0.717, 1.165) is 5.56 Å². The van der Waals surface area contributed by atoms with Crippen LogP contribution in [0.15, 0.2) is 72.9 Å². The molecule has 6 rings (SSSR count). The Bertz CT molecular complexity index is 1700. The quantitative estimate of drug-likeness (QED) is 0.202. The molecule has 0 bridgehead atoms. The van der Waals surface area contributed by atoms with Crippen molar-refractivity contribution in [1.29, 1.82) is 0 Å². The molecule has 4 N–H and O–H groups in total. The molecule has 0 radical (unpaired) electrons. The van der Waals surface area contributed by atoms with Gasteiger partial charge in [0, 0.05) is 29.7 Å². The van der Waals surface area contributed by atoms with E-state index in [1.807, 2.05) is 30.3 Å². The summed E-state index contributed by atoms with van der Waals surface area (Å²) in [6, 6.07) is 19.2. The third kappa shape index (κ3) is 5.63. The molecule has 2 atom stereocenters. The van der Waals surface area contributed by atoms with Crippen molar-refractivity contribution < 1.29 is 28.6 Å². The van der Waals surface area contributed by atoms with Crippen LogP contribution in [-0.2, 0) is 21.6 Å². The van der Waals surface area contributed by atoms with E-state index in [1.165, 1.54) is 12.1 Å². The van der Waals surface area contributed by atoms with Crippen LogP contribution in [0.5, 0.6) is 0 Å². The molecule has 3 heterocycles. The minimum atomic E-state index is -1.39. The van der Waals surface area contributed by atoms with Crippen LogP contribution in [0.3, 0.4) is 0 Å². The highest BCUT2D eigenvalue weighted by Crippen LogP contribution is 2.45. The number of ether oxygens (including phenoxy) is 1. The highest BCUT2D eigenvalue weighted by molar-refractivity contribution is 6.31. The summed E-state index contributed by atoms with van der Waals surface area (Å²) in [4.78, 5) is 47.2. The maximum atomic E-state index is 15.4. The summed E-state index contributed by atoms with van der Waals surface area (Å²) in [5.41, 5.74) is 1.66. The maximum absolute atomic E-state index is 15.4. The average Bonchev–Trinajstić information content (AvgIpc) is 3.48. The number of likely N-dealkylation sites (tertiary alicyclic amines) is 1. The molecule has 0 saturated carbocycles. The molecule has 1 fully saturated rings. The number of halogens is 2. The van der Waals surface area contributed by atoms with E-state index in [4.69, 9.17) is 21.4 Å². The van der Waals surface area contributed by atoms with Gasteiger partial charge < -0.3 is 19.7 Å². The Balaban J connectivity index is 1.32. The largest absolute Gasteiger partial charge is 0.465 e. The fourth-order valence-electron chi connectivity index (χ4n) is 5.86. The molecule has 3 aromatic carbocycles. The fraction of sp³-hybridized carbons (Fsp3) is 0.226. The topological polar surface area (TPSA) is 137 Å². The van der Waals surface area contributed by atoms with Crippen molar-refractivity contribution in [1.82, 2.24) is 14.9 Å². The minimum absolute atomic E-state index is 0.0339. The Morgan fingerprint density at radius 2 is 1.91 bits per heavy atom. The lowest BCUT2D eigenvalue weighted by atomic mass is 9.82. The number of nitrogens with one attached hydrogen (secondary N) is 3. The van der Waals surface area contributed by atoms with Crippen molar-refractivity contribution in [2.75, 3.05) is 23.7 Å². The summed E-state index contributed by atoms with van der Waals surface area (Å²) in [7, 11) is 0. The van der Waals surface area contributed by atoms with Gasteiger partial charge >= 0.3 is 12.2 Å². The van der Waals surface area contributed by atoms with Gasteiger partial charge in [-0.2, -0.15) is 0 Å². The number of H-pyrrole nitrogens is 1. The van der Waals surface area contributed by atoms with E-state index >= 15 is 4.39 Å². The lowest BCUT2D eigenvalue weighted by Gasteiger charge is -2.45. The van der Waals surface area contributed by atoms with Crippen molar-refractivity contribution >= 4 is 41.1 Å². The van der Waals surface area contributed by atoms with E-state index in [2.05, 4.69) is 20.6 Å². The maximum Gasteiger partial charge on any atom is 0.412 e. The standard InChI is InChI=1S/C31H27ClFN5O5/c32-22-11-12-23-25(26(22)33)31(43-30(42)37-23)13-4-14-38(17-31)28(39)21(15-18-5-2-1-3-6-18)24-16-34-27(36-24)19-7-9-20(10-8-19)35-29(40)41/h1-3,5-12,16,21,35H,4,13-15,17H2,(H,34,36)(H,37,42)(H,40,41)/t21?,31-/m0/s1. The number of carbonyl (C=O) groups excluding carboxylic acids is 2. The molecule has 1 aromatic heterocycles. The number of nitrogens with zero attached hydrogens (tertiary/aromatic N) is 2. The molecular weight excluding hydrogens is 577 g/mol. The van der Waals surface area contributed by atoms with Gasteiger partial charge in [-0.3, -0.25) is 15.4 Å². The van der Waals surface area contributed by atoms with Crippen LogP contribution in [0.4, 0.5) is 25.4 Å². The second kappa shape index (κ2) is 11.4. The molecular formula is C31H27ClFN5O5. The van der Waals surface area contributed by atoms with Gasteiger partial charge in [0.2, 0.25) is 5.91 Å². The minimum Gasteiger partial charge on any atom is -0.465 e. The highest BCUT2D eigenvalue weighted by Gasteiger charge is 2.49. The Morgan fingerprint density at radius 1 is 1.14 bits per heavy atom. The van der Waals surface area contributed by atoms with Crippen LogP contribution in [0.2, 0.25) is 5.02 Å². The van der Waals surface area contributed by atoms with Crippen molar-refractivity contribution in [3.63, 3.8) is 0 Å². The summed E-state index contributed by atoms with van der Waals surface area (Å²) in [6.07, 6.45) is 0.912. The van der Waals surface area contributed by atoms with Crippen LogP contribution in [-0.4, -0.2) is 51.2 Å². The van der Waals surface area contributed by atoms with Gasteiger partial charge in [0.05, 0.1) is 28.7 Å². The Hall–Kier alpha value is -4.90. The van der Waals surface area contributed by atoms with Crippen LogP contribution in [0, 0.1) is 5.82 Å². The van der Waals surface area contributed by atoms with Crippen LogP contribution in [0.1, 0.15) is 35.6 Å². The lowest BCUT2D eigenvalue weighted by molar-refractivity contribution is -0.141. The zero-order chi connectivity index (χ0) is 30.1. The predicted molar refractivity (Wildman–Crippen MR) is 158 cm³/mol. The first-order valence-corrected chi connectivity index (χ1v) is 14.1. The zero-order valence-electron chi connectivity index (χ0n) is 22.8. The Labute approximate surface area is 250 Å². The Morgan fingerprint density at radius 3 is 2.65 bits per heavy atom. The van der Waals surface area contributed by atoms with Gasteiger partial charge in [-0.15, -0.1) is 0 Å². The SMILES string of the molecule is O=C(O)Nc1ccc(-c2ncc(C(Cc3ccccc3)C(=O)N3CCC[C@@]4(C3)OC(=O)Nc3ccc(Cl)c(F)c34)[nH]2)cc1. The lowest BCUT2D eigenvalue weighted by Crippen LogP contribution is -2.54. The molecule has 1 unspecified atom stereocenters. The predicted octanol–water partition coefficient (Wildman–Crippen LogP) is 6.37. The van der Waals surface area contributed by atoms with Crippen molar-refractivity contribution in [3.8, 4) is 11.4 Å². The summed E-state index contributed by atoms with van der Waals surface area (Å²) < 4.78 is 21.2. The van der Waals surface area contributed by atoms with Gasteiger partial charge in [-0.1, -0.05) is 41.9 Å². The van der Waals surface area contributed by atoms with Crippen molar-refractivity contribution in [2.24, 2.45) is 0 Å². The number of rotatable bonds is 6. The van der Waals surface area contributed by atoms with Crippen LogP contribution >= 0.6 is 11.6 Å². The number of carbonyl (C=O) groups is 3. The number of hydrogen-bond donors (Lipinski definition) is 4. The van der Waals surface area contributed by atoms with Gasteiger partial charge in [-0.05, 0) is 61.2 Å². The molecule has 10 nitrogen and oxygen atoms in total. The van der Waals surface area contributed by atoms with Gasteiger partial charge in [0.1, 0.15) is 5.82 Å². The second-order valence-electron chi connectivity index (χ2n) is 10.6. The number of carboxylic acid groups (broad SMARTS) is 1. The average molecular weight is 604 g/mol. The number of anilines is 2. The summed E-state index contributed by atoms with van der Waals surface area (Å²) in [5, 5.41) is 13.7. The van der Waals surface area contributed by atoms with E-state index < -0.39 is 29.5 Å². The monoisotopic (exact) mass is 603 g/mol. The molecule has 4 aromatic rings. The molecule has 1 saturated heterocycles. The number of aromatic amines is 1. The smallest absolute Gasteiger partial charge is 0.412 e. The number of fused-ring (bicyclic) bond motifs is 2. The van der Waals surface area contributed by atoms with E-state index in [0.29, 0.717) is 48.6 Å². The van der Waals surface area contributed by atoms with Gasteiger partial charge in [0.15, 0.2) is 11.4 Å². The van der Waals surface area contributed by atoms with Gasteiger partial charge in [0.25, 0.3) is 0 Å². The molecule has 12 heteroatoms. The first kappa shape index (κ1) is 28.2. The first-order chi connectivity index (χ1) is 20.7. The van der Waals surface area contributed by atoms with E-state index in [-0.39, 0.29) is 28.7 Å². The summed E-state index contributed by atoms with van der Waals surface area (Å²) in [6.45, 7) is 0.362. The normalized spacial score (nSPS) is 18.4. The highest BCUT2D eigenvalue weighted by atomic mass is 35.5. The van der Waals surface area contributed by atoms with E-state index in [9.17, 15) is 14.4 Å². The summed E-state index contributed by atoms with van der Waals surface area (Å²) >= 11 is 6.12. The van der Waals surface area contributed by atoms with Gasteiger partial charge in [-0.25, -0.2) is 19.0 Å². The third-order valence-corrected chi connectivity index (χ3v) is 8.09. The summed E-state index contributed by atoms with van der Waals surface area (Å²) in [5.74, 6) is -1.07. The molecule has 220 valence electrons. The van der Waals surface area contributed by atoms with Crippen LogP contribution in [0.25, 0.3) is 11.4 Å². The van der Waals surface area contributed by atoms with Crippen molar-refractivity contribution in [3.05, 3.63) is 101 Å². The van der Waals surface area contributed by atoms with E-state index in [1.54, 1.807) is 35.4 Å². The Kier molecular flexibility index (Phi) is 7.49. The number of aromatic nitrogens is 2. The number of piperidine rings is 1. The molecule has 0 aliphatic carbocycles. The third-order valence-electron chi connectivity index (χ3n) is 7.80. The number of hydrogen-bond acceptors (Lipinski definition) is 5. The molecule has 3 amide bonds.